The molecule has 0 bridgehead atoms. The number of nitrogens with one attached hydrogen (secondary N) is 1. The van der Waals surface area contributed by atoms with Crippen LogP contribution in [0.2, 0.25) is 0 Å². The first-order valence-electron chi connectivity index (χ1n) is 7.54. The maximum absolute atomic E-state index is 12.2. The van der Waals surface area contributed by atoms with Gasteiger partial charge in [-0.3, -0.25) is 4.79 Å². The van der Waals surface area contributed by atoms with E-state index in [1.165, 1.54) is 28.7 Å². The summed E-state index contributed by atoms with van der Waals surface area (Å²) in [6.45, 7) is 10.3. The van der Waals surface area contributed by atoms with Gasteiger partial charge in [0.15, 0.2) is 8.68 Å². The van der Waals surface area contributed by atoms with Crippen LogP contribution in [-0.2, 0) is 11.3 Å². The first-order valence-corrected chi connectivity index (χ1v) is 10.2. The van der Waals surface area contributed by atoms with E-state index in [0.717, 1.165) is 25.6 Å². The van der Waals surface area contributed by atoms with Crippen LogP contribution < -0.4 is 5.32 Å². The molecule has 1 N–H and O–H groups in total. The topological polar surface area (TPSA) is 54.9 Å². The summed E-state index contributed by atoms with van der Waals surface area (Å²) in [5, 5.41) is 11.0. The van der Waals surface area contributed by atoms with E-state index < -0.39 is 0 Å². The Kier molecular flexibility index (Phi) is 7.33. The molecule has 1 aromatic heterocycles. The Morgan fingerprint density at radius 3 is 2.62 bits per heavy atom. The maximum atomic E-state index is 12.2. The molecule has 24 heavy (non-hydrogen) atoms. The standard InChI is InChI=1S/C17H21N3OS3/c1-11(2)10-22-16-19-20-17(24-16)23-13(4)15(21)18-9-14-7-5-12(3)6-8-14/h5-8,13H,1,9-10H2,2-4H3,(H,18,21)/t13-/m0/s1. The third-order valence-corrected chi connectivity index (χ3v) is 6.54. The van der Waals surface area contributed by atoms with Gasteiger partial charge < -0.3 is 5.32 Å². The number of carbonyl (C=O) groups is 1. The SMILES string of the molecule is C=C(C)CSc1nnc(S[C@@H](C)C(=O)NCc2ccc(C)cc2)s1. The molecule has 0 saturated heterocycles. The minimum absolute atomic E-state index is 0.00640. The quantitative estimate of drug-likeness (QED) is 0.547. The molecule has 0 unspecified atom stereocenters. The summed E-state index contributed by atoms with van der Waals surface area (Å²) < 4.78 is 1.73. The van der Waals surface area contributed by atoms with Gasteiger partial charge in [-0.1, -0.05) is 76.8 Å². The van der Waals surface area contributed by atoms with Crippen LogP contribution in [0, 0.1) is 6.92 Å². The van der Waals surface area contributed by atoms with Crippen molar-refractivity contribution in [3.8, 4) is 0 Å². The smallest absolute Gasteiger partial charge is 0.233 e. The zero-order chi connectivity index (χ0) is 17.5. The van der Waals surface area contributed by atoms with E-state index in [9.17, 15) is 4.79 Å². The first kappa shape index (κ1) is 19.0. The van der Waals surface area contributed by atoms with Gasteiger partial charge in [-0.2, -0.15) is 0 Å². The summed E-state index contributed by atoms with van der Waals surface area (Å²) in [6.07, 6.45) is 0. The van der Waals surface area contributed by atoms with E-state index >= 15 is 0 Å². The normalized spacial score (nSPS) is 12.0. The van der Waals surface area contributed by atoms with Crippen LogP contribution in [0.4, 0.5) is 0 Å². The van der Waals surface area contributed by atoms with E-state index in [1.54, 1.807) is 11.8 Å². The minimum Gasteiger partial charge on any atom is -0.351 e. The summed E-state index contributed by atoms with van der Waals surface area (Å²) in [5.74, 6) is 0.846. The van der Waals surface area contributed by atoms with Gasteiger partial charge in [-0.05, 0) is 26.3 Å². The zero-order valence-electron chi connectivity index (χ0n) is 14.0. The Hall–Kier alpha value is -1.31. The molecule has 0 aliphatic carbocycles. The van der Waals surface area contributed by atoms with Gasteiger partial charge in [-0.15, -0.1) is 10.2 Å². The molecule has 2 aromatic rings. The number of amides is 1. The predicted octanol–water partition coefficient (Wildman–Crippen LogP) is 4.31. The van der Waals surface area contributed by atoms with Crippen LogP contribution in [0.1, 0.15) is 25.0 Å². The van der Waals surface area contributed by atoms with Crippen LogP contribution >= 0.6 is 34.9 Å². The van der Waals surface area contributed by atoms with Crippen molar-refractivity contribution in [2.45, 2.75) is 41.2 Å². The Morgan fingerprint density at radius 2 is 1.96 bits per heavy atom. The lowest BCUT2D eigenvalue weighted by molar-refractivity contribution is -0.120. The Bertz CT molecular complexity index is 697. The molecule has 1 amide bonds. The monoisotopic (exact) mass is 379 g/mol. The molecule has 0 aliphatic heterocycles. The predicted molar refractivity (Wildman–Crippen MR) is 104 cm³/mol. The van der Waals surface area contributed by atoms with Crippen molar-refractivity contribution in [2.75, 3.05) is 5.75 Å². The van der Waals surface area contributed by atoms with Crippen LogP contribution in [0.3, 0.4) is 0 Å². The molecule has 1 heterocycles. The molecule has 4 nitrogen and oxygen atoms in total. The summed E-state index contributed by atoms with van der Waals surface area (Å²) in [7, 11) is 0. The lowest BCUT2D eigenvalue weighted by Gasteiger charge is -2.10. The summed E-state index contributed by atoms with van der Waals surface area (Å²) in [6, 6.07) is 8.16. The van der Waals surface area contributed by atoms with Crippen molar-refractivity contribution in [3.63, 3.8) is 0 Å². The molecular weight excluding hydrogens is 358 g/mol. The number of hydrogen-bond donors (Lipinski definition) is 1. The van der Waals surface area contributed by atoms with Crippen LogP contribution in [0.15, 0.2) is 45.1 Å². The average Bonchev–Trinajstić information content (AvgIpc) is 2.99. The number of benzene rings is 1. The van der Waals surface area contributed by atoms with E-state index in [-0.39, 0.29) is 11.2 Å². The Morgan fingerprint density at radius 1 is 1.29 bits per heavy atom. The van der Waals surface area contributed by atoms with Gasteiger partial charge in [0.25, 0.3) is 0 Å². The van der Waals surface area contributed by atoms with Crippen molar-refractivity contribution < 1.29 is 4.79 Å². The molecule has 0 aliphatic rings. The van der Waals surface area contributed by atoms with Gasteiger partial charge in [0, 0.05) is 12.3 Å². The van der Waals surface area contributed by atoms with Crippen molar-refractivity contribution >= 4 is 40.8 Å². The van der Waals surface area contributed by atoms with Crippen molar-refractivity contribution in [1.82, 2.24) is 15.5 Å². The van der Waals surface area contributed by atoms with E-state index in [2.05, 4.69) is 22.1 Å². The molecule has 128 valence electrons. The van der Waals surface area contributed by atoms with E-state index in [0.29, 0.717) is 6.54 Å². The van der Waals surface area contributed by atoms with Gasteiger partial charge in [0.1, 0.15) is 0 Å². The summed E-state index contributed by atoms with van der Waals surface area (Å²) in [5.41, 5.74) is 3.42. The molecule has 0 saturated carbocycles. The Balaban J connectivity index is 1.80. The number of carbonyl (C=O) groups excluding carboxylic acids is 1. The fourth-order valence-electron chi connectivity index (χ4n) is 1.73. The molecule has 0 radical (unpaired) electrons. The molecule has 0 fully saturated rings. The molecule has 1 aromatic carbocycles. The highest BCUT2D eigenvalue weighted by Crippen LogP contribution is 2.31. The van der Waals surface area contributed by atoms with Crippen molar-refractivity contribution in [1.29, 1.82) is 0 Å². The molecule has 0 spiro atoms. The Labute approximate surface area is 155 Å². The number of thioether (sulfide) groups is 2. The maximum Gasteiger partial charge on any atom is 0.233 e. The lowest BCUT2D eigenvalue weighted by atomic mass is 10.1. The molecule has 7 heteroatoms. The second-order valence-corrected chi connectivity index (χ2v) is 9.33. The minimum atomic E-state index is -0.206. The third kappa shape index (κ3) is 6.30. The number of nitrogens with zero attached hydrogens (tertiary/aromatic N) is 2. The number of rotatable bonds is 8. The van der Waals surface area contributed by atoms with Crippen molar-refractivity contribution in [2.24, 2.45) is 0 Å². The third-order valence-electron chi connectivity index (χ3n) is 3.06. The van der Waals surface area contributed by atoms with E-state index in [1.807, 2.05) is 45.0 Å². The second kappa shape index (κ2) is 9.25. The molecule has 2 rings (SSSR count). The number of aromatic nitrogens is 2. The fourth-order valence-corrected chi connectivity index (χ4v) is 4.76. The number of aryl methyl sites for hydroxylation is 1. The van der Waals surface area contributed by atoms with Crippen molar-refractivity contribution in [3.05, 3.63) is 47.5 Å². The van der Waals surface area contributed by atoms with Crippen LogP contribution in [0.5, 0.6) is 0 Å². The molecular formula is C17H21N3OS3. The fraction of sp³-hybridized carbons (Fsp3) is 0.353. The highest BCUT2D eigenvalue weighted by atomic mass is 32.2. The first-order chi connectivity index (χ1) is 11.4. The van der Waals surface area contributed by atoms with Gasteiger partial charge in [0.2, 0.25) is 5.91 Å². The highest BCUT2D eigenvalue weighted by Gasteiger charge is 2.17. The van der Waals surface area contributed by atoms with Crippen LogP contribution in [0.25, 0.3) is 0 Å². The second-order valence-electron chi connectivity index (χ2n) is 5.54. The van der Waals surface area contributed by atoms with E-state index in [4.69, 9.17) is 0 Å². The largest absolute Gasteiger partial charge is 0.351 e. The lowest BCUT2D eigenvalue weighted by Crippen LogP contribution is -2.30. The van der Waals surface area contributed by atoms with Gasteiger partial charge in [0.05, 0.1) is 5.25 Å². The van der Waals surface area contributed by atoms with Gasteiger partial charge in [-0.25, -0.2) is 0 Å². The highest BCUT2D eigenvalue weighted by molar-refractivity contribution is 8.04. The summed E-state index contributed by atoms with van der Waals surface area (Å²) in [4.78, 5) is 12.2. The zero-order valence-corrected chi connectivity index (χ0v) is 16.5. The number of hydrogen-bond acceptors (Lipinski definition) is 6. The molecule has 1 atom stereocenters. The summed E-state index contributed by atoms with van der Waals surface area (Å²) >= 11 is 4.59. The average molecular weight is 380 g/mol. The van der Waals surface area contributed by atoms with Gasteiger partial charge >= 0.3 is 0 Å². The van der Waals surface area contributed by atoms with Crippen LogP contribution in [-0.4, -0.2) is 27.1 Å².